The summed E-state index contributed by atoms with van der Waals surface area (Å²) in [5, 5.41) is 14.0. The minimum Gasteiger partial charge on any atom is -0.457 e. The zero-order chi connectivity index (χ0) is 26.9. The number of para-hydroxylation sites is 1. The number of aryl methyl sites for hydroxylation is 1. The van der Waals surface area contributed by atoms with Gasteiger partial charge >= 0.3 is 0 Å². The summed E-state index contributed by atoms with van der Waals surface area (Å²) in [7, 11) is 0. The molecule has 8 nitrogen and oxygen atoms in total. The lowest BCUT2D eigenvalue weighted by Crippen LogP contribution is -2.41. The van der Waals surface area contributed by atoms with E-state index in [4.69, 9.17) is 10.5 Å². The molecule has 4 aromatic carbocycles. The quantitative estimate of drug-likeness (QED) is 0.154. The topological polar surface area (TPSA) is 122 Å². The second kappa shape index (κ2) is 12.3. The van der Waals surface area contributed by atoms with Gasteiger partial charge in [-0.2, -0.15) is 5.06 Å². The number of primary amides is 1. The zero-order valence-electron chi connectivity index (χ0n) is 20.5. The third kappa shape index (κ3) is 6.63. The minimum absolute atomic E-state index is 0.0364. The Morgan fingerprint density at radius 3 is 2.05 bits per heavy atom. The van der Waals surface area contributed by atoms with Crippen molar-refractivity contribution in [2.75, 3.05) is 10.4 Å². The second-order valence-electron chi connectivity index (χ2n) is 8.54. The van der Waals surface area contributed by atoms with E-state index in [9.17, 15) is 19.6 Å². The van der Waals surface area contributed by atoms with Crippen LogP contribution in [-0.2, 0) is 16.0 Å². The molecule has 38 heavy (non-hydrogen) atoms. The van der Waals surface area contributed by atoms with Crippen LogP contribution in [0.2, 0.25) is 0 Å². The van der Waals surface area contributed by atoms with Crippen molar-refractivity contribution in [2.24, 2.45) is 11.7 Å². The lowest BCUT2D eigenvalue weighted by molar-refractivity contribution is -0.135. The van der Waals surface area contributed by atoms with Crippen LogP contribution < -0.4 is 20.9 Å². The van der Waals surface area contributed by atoms with E-state index in [2.05, 4.69) is 5.32 Å². The summed E-state index contributed by atoms with van der Waals surface area (Å²) in [5.74, 6) is -2.57. The number of hydroxylamine groups is 1. The van der Waals surface area contributed by atoms with Gasteiger partial charge in [-0.1, -0.05) is 66.7 Å². The van der Waals surface area contributed by atoms with Gasteiger partial charge in [0.15, 0.2) is 0 Å². The molecule has 4 rings (SSSR count). The molecule has 0 aliphatic rings. The van der Waals surface area contributed by atoms with Crippen LogP contribution in [-0.4, -0.2) is 22.9 Å². The van der Waals surface area contributed by atoms with Gasteiger partial charge in [0.2, 0.25) is 5.91 Å². The number of ether oxygens (including phenoxy) is 1. The summed E-state index contributed by atoms with van der Waals surface area (Å²) >= 11 is 0. The second-order valence-corrected chi connectivity index (χ2v) is 8.54. The molecule has 0 spiro atoms. The maximum absolute atomic E-state index is 13.2. The first-order chi connectivity index (χ1) is 18.4. The average Bonchev–Trinajstić information content (AvgIpc) is 2.94. The molecule has 0 saturated carbocycles. The van der Waals surface area contributed by atoms with Crippen molar-refractivity contribution in [3.8, 4) is 11.5 Å². The Morgan fingerprint density at radius 2 is 1.42 bits per heavy atom. The van der Waals surface area contributed by atoms with E-state index in [1.54, 1.807) is 48.5 Å². The molecule has 4 N–H and O–H groups in total. The molecule has 0 bridgehead atoms. The van der Waals surface area contributed by atoms with Crippen molar-refractivity contribution in [3.63, 3.8) is 0 Å². The molecule has 1 atom stereocenters. The molecule has 0 saturated heterocycles. The summed E-state index contributed by atoms with van der Waals surface area (Å²) in [6, 6.07) is 31.3. The number of hydrogen-bond donors (Lipinski definition) is 3. The molecule has 1 unspecified atom stereocenters. The Morgan fingerprint density at radius 1 is 0.816 bits per heavy atom. The van der Waals surface area contributed by atoms with Gasteiger partial charge in [-0.25, -0.2) is 0 Å². The lowest BCUT2D eigenvalue weighted by Gasteiger charge is -2.23. The number of amides is 3. The fraction of sp³-hybridized carbons (Fsp3) is 0.100. The van der Waals surface area contributed by atoms with Crippen molar-refractivity contribution < 1.29 is 24.3 Å². The number of nitrogens with one attached hydrogen (secondary N) is 1. The van der Waals surface area contributed by atoms with Gasteiger partial charge in [0.25, 0.3) is 11.8 Å². The lowest BCUT2D eigenvalue weighted by atomic mass is 9.97. The van der Waals surface area contributed by atoms with Crippen molar-refractivity contribution in [3.05, 3.63) is 120 Å². The van der Waals surface area contributed by atoms with Gasteiger partial charge < -0.3 is 15.8 Å². The highest BCUT2D eigenvalue weighted by Gasteiger charge is 2.31. The van der Waals surface area contributed by atoms with E-state index in [-0.39, 0.29) is 17.8 Å². The standard InChI is InChI=1S/C30H27N3O5/c31-28(34)25(18-16-21-10-4-1-5-11-21)30(36)33(37)27-19-17-24(38-23-14-8-3-9-15-23)20-26(27)32-29(35)22-12-6-2-7-13-22/h1-15,17,19-20,25,37H,16,18H2,(H2,31,34)(H,32,35). The predicted molar refractivity (Wildman–Crippen MR) is 144 cm³/mol. The van der Waals surface area contributed by atoms with E-state index < -0.39 is 23.6 Å². The summed E-state index contributed by atoms with van der Waals surface area (Å²) in [6.07, 6.45) is 0.519. The number of rotatable bonds is 10. The molecular formula is C30H27N3O5. The number of nitrogens with zero attached hydrogens (tertiary/aromatic N) is 1. The number of carbonyl (C=O) groups excluding carboxylic acids is 3. The van der Waals surface area contributed by atoms with Crippen LogP contribution in [0.3, 0.4) is 0 Å². The monoisotopic (exact) mass is 509 g/mol. The molecule has 0 aliphatic heterocycles. The first kappa shape index (κ1) is 26.1. The van der Waals surface area contributed by atoms with Gasteiger partial charge in [0.05, 0.1) is 11.4 Å². The van der Waals surface area contributed by atoms with Crippen molar-refractivity contribution >= 4 is 29.1 Å². The van der Waals surface area contributed by atoms with Gasteiger partial charge in [0.1, 0.15) is 17.4 Å². The molecule has 4 aromatic rings. The Balaban J connectivity index is 1.61. The Hall–Kier alpha value is -4.95. The normalized spacial score (nSPS) is 11.3. The average molecular weight is 510 g/mol. The SMILES string of the molecule is NC(=O)C(CCc1ccccc1)C(=O)N(O)c1ccc(Oc2ccccc2)cc1NC(=O)c1ccccc1. The van der Waals surface area contributed by atoms with Crippen LogP contribution in [0.1, 0.15) is 22.3 Å². The number of anilines is 2. The molecule has 8 heteroatoms. The highest BCUT2D eigenvalue weighted by Crippen LogP contribution is 2.33. The number of nitrogens with two attached hydrogens (primary N) is 1. The van der Waals surface area contributed by atoms with Gasteiger partial charge in [-0.05, 0) is 54.8 Å². The Bertz CT molecular complexity index is 1400. The first-order valence-corrected chi connectivity index (χ1v) is 12.0. The van der Waals surface area contributed by atoms with Crippen molar-refractivity contribution in [1.82, 2.24) is 0 Å². The maximum Gasteiger partial charge on any atom is 0.263 e. The van der Waals surface area contributed by atoms with Gasteiger partial charge in [-0.15, -0.1) is 0 Å². The Kier molecular flexibility index (Phi) is 8.48. The Labute approximate surface area is 220 Å². The maximum atomic E-state index is 13.2. The highest BCUT2D eigenvalue weighted by molar-refractivity contribution is 6.10. The molecular weight excluding hydrogens is 482 g/mol. The summed E-state index contributed by atoms with van der Waals surface area (Å²) in [4.78, 5) is 38.3. The van der Waals surface area contributed by atoms with Crippen LogP contribution >= 0.6 is 0 Å². The fourth-order valence-corrected chi connectivity index (χ4v) is 3.88. The highest BCUT2D eigenvalue weighted by atomic mass is 16.5. The van der Waals surface area contributed by atoms with Crippen LogP contribution in [0.5, 0.6) is 11.5 Å². The number of benzene rings is 4. The van der Waals surface area contributed by atoms with E-state index in [1.165, 1.54) is 12.1 Å². The van der Waals surface area contributed by atoms with Gasteiger partial charge in [-0.3, -0.25) is 19.6 Å². The number of carbonyl (C=O) groups is 3. The van der Waals surface area contributed by atoms with Crippen LogP contribution in [0, 0.1) is 5.92 Å². The molecule has 192 valence electrons. The smallest absolute Gasteiger partial charge is 0.263 e. The summed E-state index contributed by atoms with van der Waals surface area (Å²) in [5.41, 5.74) is 6.91. The molecule has 0 aromatic heterocycles. The largest absolute Gasteiger partial charge is 0.457 e. The molecule has 0 aliphatic carbocycles. The van der Waals surface area contributed by atoms with E-state index in [1.807, 2.05) is 48.5 Å². The van der Waals surface area contributed by atoms with E-state index >= 15 is 0 Å². The van der Waals surface area contributed by atoms with Crippen LogP contribution in [0.15, 0.2) is 109 Å². The number of hydrogen-bond acceptors (Lipinski definition) is 5. The van der Waals surface area contributed by atoms with Crippen molar-refractivity contribution in [2.45, 2.75) is 12.8 Å². The third-order valence-electron chi connectivity index (χ3n) is 5.87. The first-order valence-electron chi connectivity index (χ1n) is 12.0. The summed E-state index contributed by atoms with van der Waals surface area (Å²) < 4.78 is 5.86. The zero-order valence-corrected chi connectivity index (χ0v) is 20.5. The molecule has 0 radical (unpaired) electrons. The van der Waals surface area contributed by atoms with E-state index in [0.717, 1.165) is 5.56 Å². The third-order valence-corrected chi connectivity index (χ3v) is 5.87. The minimum atomic E-state index is -1.28. The van der Waals surface area contributed by atoms with E-state index in [0.29, 0.717) is 28.5 Å². The summed E-state index contributed by atoms with van der Waals surface area (Å²) in [6.45, 7) is 0. The van der Waals surface area contributed by atoms with Gasteiger partial charge in [0, 0.05) is 11.6 Å². The van der Waals surface area contributed by atoms with Crippen LogP contribution in [0.25, 0.3) is 0 Å². The molecule has 0 fully saturated rings. The fourth-order valence-electron chi connectivity index (χ4n) is 3.88. The molecule has 3 amide bonds. The predicted octanol–water partition coefficient (Wildman–Crippen LogP) is 5.19. The van der Waals surface area contributed by atoms with Crippen molar-refractivity contribution in [1.29, 1.82) is 0 Å². The molecule has 0 heterocycles. The van der Waals surface area contributed by atoms with Crippen LogP contribution in [0.4, 0.5) is 11.4 Å².